The molecule has 0 aliphatic rings. The standard InChI is InChI=1S/C12H10ClN3O3/c1-19-12(18)9-6-15-16(10(9)11(14)17)8-4-2-3-7(13)5-8/h2-6H,1H3,(H2,14,17). The number of hydrogen-bond acceptors (Lipinski definition) is 4. The quantitative estimate of drug-likeness (QED) is 0.861. The van der Waals surface area contributed by atoms with Crippen molar-refractivity contribution in [2.24, 2.45) is 5.73 Å². The molecule has 0 spiro atoms. The lowest BCUT2D eigenvalue weighted by atomic mass is 10.2. The number of esters is 1. The monoisotopic (exact) mass is 279 g/mol. The minimum atomic E-state index is -0.780. The van der Waals surface area contributed by atoms with Gasteiger partial charge >= 0.3 is 5.97 Å². The molecule has 19 heavy (non-hydrogen) atoms. The van der Waals surface area contributed by atoms with Gasteiger partial charge in [-0.2, -0.15) is 5.10 Å². The van der Waals surface area contributed by atoms with Crippen molar-refractivity contribution in [1.29, 1.82) is 0 Å². The van der Waals surface area contributed by atoms with Crippen molar-refractivity contribution in [1.82, 2.24) is 9.78 Å². The highest BCUT2D eigenvalue weighted by atomic mass is 35.5. The Balaban J connectivity index is 2.62. The van der Waals surface area contributed by atoms with Crippen LogP contribution in [0.3, 0.4) is 0 Å². The topological polar surface area (TPSA) is 87.2 Å². The number of hydrogen-bond donors (Lipinski definition) is 1. The summed E-state index contributed by atoms with van der Waals surface area (Å²) >= 11 is 5.87. The van der Waals surface area contributed by atoms with Crippen LogP contribution in [0.5, 0.6) is 0 Å². The zero-order valence-electron chi connectivity index (χ0n) is 9.96. The molecule has 0 radical (unpaired) electrons. The molecular formula is C12H10ClN3O3. The van der Waals surface area contributed by atoms with Gasteiger partial charge in [0.05, 0.1) is 19.0 Å². The van der Waals surface area contributed by atoms with E-state index >= 15 is 0 Å². The molecule has 0 aliphatic carbocycles. The first-order valence-electron chi connectivity index (χ1n) is 5.26. The summed E-state index contributed by atoms with van der Waals surface area (Å²) in [5.74, 6) is -1.46. The second kappa shape index (κ2) is 5.11. The fourth-order valence-corrected chi connectivity index (χ4v) is 1.83. The molecule has 98 valence electrons. The molecule has 0 aliphatic heterocycles. The molecule has 0 atom stereocenters. The number of aromatic nitrogens is 2. The third kappa shape index (κ3) is 2.43. The molecule has 1 aromatic heterocycles. The van der Waals surface area contributed by atoms with Crippen molar-refractivity contribution in [3.63, 3.8) is 0 Å². The highest BCUT2D eigenvalue weighted by Crippen LogP contribution is 2.18. The number of rotatable bonds is 3. The lowest BCUT2D eigenvalue weighted by Gasteiger charge is -2.06. The molecule has 1 aromatic carbocycles. The largest absolute Gasteiger partial charge is 0.465 e. The summed E-state index contributed by atoms with van der Waals surface area (Å²) in [6, 6.07) is 6.66. The van der Waals surface area contributed by atoms with Crippen LogP contribution in [-0.4, -0.2) is 28.8 Å². The van der Waals surface area contributed by atoms with E-state index in [1.165, 1.54) is 18.0 Å². The lowest BCUT2D eigenvalue weighted by Crippen LogP contribution is -2.20. The SMILES string of the molecule is COC(=O)c1cnn(-c2cccc(Cl)c2)c1C(N)=O. The fraction of sp³-hybridized carbons (Fsp3) is 0.0833. The van der Waals surface area contributed by atoms with Gasteiger partial charge in [-0.1, -0.05) is 17.7 Å². The third-order valence-corrected chi connectivity index (χ3v) is 2.70. The molecule has 0 fully saturated rings. The van der Waals surface area contributed by atoms with Gasteiger partial charge in [-0.3, -0.25) is 4.79 Å². The van der Waals surface area contributed by atoms with Crippen LogP contribution in [0.15, 0.2) is 30.5 Å². The zero-order chi connectivity index (χ0) is 14.0. The second-order valence-electron chi connectivity index (χ2n) is 3.65. The van der Waals surface area contributed by atoms with Crippen molar-refractivity contribution in [2.45, 2.75) is 0 Å². The highest BCUT2D eigenvalue weighted by molar-refractivity contribution is 6.30. The normalized spacial score (nSPS) is 10.2. The lowest BCUT2D eigenvalue weighted by molar-refractivity contribution is 0.0597. The summed E-state index contributed by atoms with van der Waals surface area (Å²) in [5.41, 5.74) is 5.77. The first-order valence-corrected chi connectivity index (χ1v) is 5.64. The maximum absolute atomic E-state index is 11.5. The molecule has 2 rings (SSSR count). The number of carbonyl (C=O) groups excluding carboxylic acids is 2. The number of benzene rings is 1. The van der Waals surface area contributed by atoms with Crippen LogP contribution in [0.2, 0.25) is 5.02 Å². The van der Waals surface area contributed by atoms with Gasteiger partial charge in [0, 0.05) is 5.02 Å². The molecule has 0 bridgehead atoms. The Morgan fingerprint density at radius 3 is 2.74 bits per heavy atom. The van der Waals surface area contributed by atoms with E-state index in [0.717, 1.165) is 0 Å². The predicted octanol–water partition coefficient (Wildman–Crippen LogP) is 1.41. The predicted molar refractivity (Wildman–Crippen MR) is 68.4 cm³/mol. The average molecular weight is 280 g/mol. The van der Waals surface area contributed by atoms with Crippen molar-refractivity contribution in [3.8, 4) is 5.69 Å². The fourth-order valence-electron chi connectivity index (χ4n) is 1.65. The van der Waals surface area contributed by atoms with Crippen molar-refractivity contribution in [3.05, 3.63) is 46.7 Å². The average Bonchev–Trinajstić information content (AvgIpc) is 2.82. The van der Waals surface area contributed by atoms with Crippen LogP contribution in [0.4, 0.5) is 0 Å². The van der Waals surface area contributed by atoms with Crippen molar-refractivity contribution in [2.75, 3.05) is 7.11 Å². The van der Waals surface area contributed by atoms with Crippen LogP contribution in [-0.2, 0) is 4.74 Å². The summed E-state index contributed by atoms with van der Waals surface area (Å²) in [6.07, 6.45) is 1.23. The van der Waals surface area contributed by atoms with Gasteiger partial charge < -0.3 is 10.5 Å². The first kappa shape index (κ1) is 13.1. The van der Waals surface area contributed by atoms with Gasteiger partial charge in [-0.15, -0.1) is 0 Å². The maximum Gasteiger partial charge on any atom is 0.341 e. The Morgan fingerprint density at radius 2 is 2.16 bits per heavy atom. The Bertz CT molecular complexity index is 651. The summed E-state index contributed by atoms with van der Waals surface area (Å²) in [4.78, 5) is 23.0. The summed E-state index contributed by atoms with van der Waals surface area (Å²) < 4.78 is 5.82. The molecule has 2 N–H and O–H groups in total. The van der Waals surface area contributed by atoms with Gasteiger partial charge in [-0.25, -0.2) is 9.48 Å². The van der Waals surface area contributed by atoms with Crippen LogP contribution in [0.1, 0.15) is 20.8 Å². The first-order chi connectivity index (χ1) is 9.04. The van der Waals surface area contributed by atoms with E-state index in [2.05, 4.69) is 9.84 Å². The van der Waals surface area contributed by atoms with Crippen LogP contribution in [0, 0.1) is 0 Å². The van der Waals surface area contributed by atoms with Gasteiger partial charge in [0.1, 0.15) is 11.3 Å². The molecule has 0 saturated carbocycles. The van der Waals surface area contributed by atoms with Crippen molar-refractivity contribution >= 4 is 23.5 Å². The minimum absolute atomic E-state index is 0.00924. The minimum Gasteiger partial charge on any atom is -0.465 e. The highest BCUT2D eigenvalue weighted by Gasteiger charge is 2.22. The number of methoxy groups -OCH3 is 1. The summed E-state index contributed by atoms with van der Waals surface area (Å²) in [7, 11) is 1.21. The van der Waals surface area contributed by atoms with E-state index < -0.39 is 11.9 Å². The zero-order valence-corrected chi connectivity index (χ0v) is 10.7. The van der Waals surface area contributed by atoms with Gasteiger partial charge in [0.25, 0.3) is 5.91 Å². The second-order valence-corrected chi connectivity index (χ2v) is 4.09. The summed E-state index contributed by atoms with van der Waals surface area (Å²) in [6.45, 7) is 0. The van der Waals surface area contributed by atoms with Gasteiger partial charge in [0.15, 0.2) is 0 Å². The third-order valence-electron chi connectivity index (χ3n) is 2.46. The molecule has 1 heterocycles. The molecule has 1 amide bonds. The molecule has 0 saturated heterocycles. The van der Waals surface area contributed by atoms with E-state index in [1.807, 2.05) is 0 Å². The maximum atomic E-state index is 11.5. The van der Waals surface area contributed by atoms with Crippen LogP contribution in [0.25, 0.3) is 5.69 Å². The number of nitrogens with zero attached hydrogens (tertiary/aromatic N) is 2. The Kier molecular flexibility index (Phi) is 3.52. The van der Waals surface area contributed by atoms with E-state index in [-0.39, 0.29) is 11.3 Å². The van der Waals surface area contributed by atoms with Crippen LogP contribution < -0.4 is 5.73 Å². The van der Waals surface area contributed by atoms with E-state index in [1.54, 1.807) is 24.3 Å². The molecular weight excluding hydrogens is 270 g/mol. The molecule has 6 nitrogen and oxygen atoms in total. The summed E-state index contributed by atoms with van der Waals surface area (Å²) in [5, 5.41) is 4.45. The number of nitrogens with two attached hydrogens (primary N) is 1. The Hall–Kier alpha value is -2.34. The van der Waals surface area contributed by atoms with Crippen molar-refractivity contribution < 1.29 is 14.3 Å². The number of carbonyl (C=O) groups is 2. The number of amides is 1. The molecule has 0 unspecified atom stereocenters. The Morgan fingerprint density at radius 1 is 1.42 bits per heavy atom. The number of primary amides is 1. The molecule has 7 heteroatoms. The number of ether oxygens (including phenoxy) is 1. The van der Waals surface area contributed by atoms with Gasteiger partial charge in [-0.05, 0) is 18.2 Å². The van der Waals surface area contributed by atoms with E-state index in [9.17, 15) is 9.59 Å². The van der Waals surface area contributed by atoms with Crippen LogP contribution >= 0.6 is 11.6 Å². The smallest absolute Gasteiger partial charge is 0.341 e. The van der Waals surface area contributed by atoms with Gasteiger partial charge in [0.2, 0.25) is 0 Å². The van der Waals surface area contributed by atoms with E-state index in [4.69, 9.17) is 17.3 Å². The van der Waals surface area contributed by atoms with E-state index in [0.29, 0.717) is 10.7 Å². The number of halogens is 1. The molecule has 2 aromatic rings. The Labute approximate surface area is 113 Å².